The summed E-state index contributed by atoms with van der Waals surface area (Å²) in [5.74, 6) is -0.155. The fourth-order valence-electron chi connectivity index (χ4n) is 2.65. The molecule has 0 unspecified atom stereocenters. The Balaban J connectivity index is 1.63. The van der Waals surface area contributed by atoms with Crippen LogP contribution in [0.5, 0.6) is 11.5 Å². The van der Waals surface area contributed by atoms with Gasteiger partial charge in [0.15, 0.2) is 6.61 Å². The third kappa shape index (κ3) is 6.42. The van der Waals surface area contributed by atoms with Gasteiger partial charge in [0.05, 0.1) is 16.8 Å². The molecular formula is C24H20BrClN2O4. The molecule has 3 rings (SSSR count). The third-order valence-corrected chi connectivity index (χ3v) is 5.33. The minimum absolute atomic E-state index is 0.188. The molecule has 1 amide bonds. The minimum atomic E-state index is -0.599. The summed E-state index contributed by atoms with van der Waals surface area (Å²) in [4.78, 5) is 24.5. The lowest BCUT2D eigenvalue weighted by Gasteiger charge is -2.09. The van der Waals surface area contributed by atoms with Crippen LogP contribution in [0.1, 0.15) is 27.0 Å². The zero-order valence-electron chi connectivity index (χ0n) is 17.4. The van der Waals surface area contributed by atoms with Gasteiger partial charge in [-0.2, -0.15) is 5.10 Å². The Morgan fingerprint density at radius 3 is 2.59 bits per heavy atom. The highest BCUT2D eigenvalue weighted by atomic mass is 79.9. The molecule has 3 aromatic rings. The third-order valence-electron chi connectivity index (χ3n) is 4.51. The largest absolute Gasteiger partial charge is 0.484 e. The van der Waals surface area contributed by atoms with Crippen molar-refractivity contribution in [3.05, 3.63) is 92.4 Å². The number of aryl methyl sites for hydroxylation is 2. The second kappa shape index (κ2) is 10.9. The van der Waals surface area contributed by atoms with Crippen LogP contribution < -0.4 is 14.9 Å². The van der Waals surface area contributed by atoms with E-state index in [2.05, 4.69) is 26.5 Å². The number of esters is 1. The van der Waals surface area contributed by atoms with Gasteiger partial charge in [-0.3, -0.25) is 4.79 Å². The Morgan fingerprint density at radius 1 is 1.06 bits per heavy atom. The molecule has 0 atom stereocenters. The maximum absolute atomic E-state index is 12.5. The van der Waals surface area contributed by atoms with Crippen LogP contribution in [0, 0.1) is 13.8 Å². The number of nitrogens with one attached hydrogen (secondary N) is 1. The second-order valence-corrected chi connectivity index (χ2v) is 8.20. The number of rotatable bonds is 7. The maximum atomic E-state index is 12.5. The lowest BCUT2D eigenvalue weighted by atomic mass is 10.1. The zero-order chi connectivity index (χ0) is 23.1. The Labute approximate surface area is 199 Å². The van der Waals surface area contributed by atoms with E-state index in [1.54, 1.807) is 48.5 Å². The summed E-state index contributed by atoms with van der Waals surface area (Å²) in [5.41, 5.74) is 5.35. The molecule has 0 saturated heterocycles. The molecule has 0 aliphatic rings. The Bertz CT molecular complexity index is 1180. The summed E-state index contributed by atoms with van der Waals surface area (Å²) in [7, 11) is 0. The lowest BCUT2D eigenvalue weighted by Crippen LogP contribution is -2.24. The van der Waals surface area contributed by atoms with Crippen molar-refractivity contribution in [3.63, 3.8) is 0 Å². The van der Waals surface area contributed by atoms with Crippen molar-refractivity contribution in [2.75, 3.05) is 6.61 Å². The van der Waals surface area contributed by atoms with Gasteiger partial charge in [-0.15, -0.1) is 0 Å². The molecule has 0 aromatic heterocycles. The van der Waals surface area contributed by atoms with Crippen molar-refractivity contribution in [2.45, 2.75) is 13.8 Å². The fourth-order valence-corrected chi connectivity index (χ4v) is 3.25. The average molecular weight is 516 g/mol. The highest BCUT2D eigenvalue weighted by Gasteiger charge is 2.14. The molecule has 164 valence electrons. The van der Waals surface area contributed by atoms with Gasteiger partial charge in [0.1, 0.15) is 11.5 Å². The summed E-state index contributed by atoms with van der Waals surface area (Å²) < 4.78 is 11.7. The van der Waals surface area contributed by atoms with Crippen molar-refractivity contribution in [1.29, 1.82) is 0 Å². The van der Waals surface area contributed by atoms with E-state index in [-0.39, 0.29) is 17.9 Å². The van der Waals surface area contributed by atoms with Crippen LogP contribution in [0.3, 0.4) is 0 Å². The summed E-state index contributed by atoms with van der Waals surface area (Å²) in [6, 6.07) is 17.3. The van der Waals surface area contributed by atoms with Crippen LogP contribution in [0.4, 0.5) is 0 Å². The van der Waals surface area contributed by atoms with Crippen LogP contribution in [0.25, 0.3) is 0 Å². The molecule has 6 nitrogen and oxygen atoms in total. The number of halogens is 2. The molecule has 32 heavy (non-hydrogen) atoms. The molecule has 8 heteroatoms. The van der Waals surface area contributed by atoms with Crippen molar-refractivity contribution < 1.29 is 19.1 Å². The summed E-state index contributed by atoms with van der Waals surface area (Å²) in [6.07, 6.45) is 1.38. The van der Waals surface area contributed by atoms with E-state index in [0.717, 1.165) is 15.6 Å². The van der Waals surface area contributed by atoms with E-state index >= 15 is 0 Å². The van der Waals surface area contributed by atoms with Gasteiger partial charge in [-0.1, -0.05) is 45.7 Å². The molecule has 0 aliphatic heterocycles. The smallest absolute Gasteiger partial charge is 0.345 e. The van der Waals surface area contributed by atoms with E-state index < -0.39 is 11.9 Å². The van der Waals surface area contributed by atoms with Crippen molar-refractivity contribution in [2.24, 2.45) is 5.10 Å². The first-order valence-corrected chi connectivity index (χ1v) is 10.8. The van der Waals surface area contributed by atoms with E-state index in [1.165, 1.54) is 6.21 Å². The highest BCUT2D eigenvalue weighted by molar-refractivity contribution is 9.10. The first-order valence-electron chi connectivity index (χ1n) is 9.61. The van der Waals surface area contributed by atoms with Gasteiger partial charge in [0.2, 0.25) is 0 Å². The standard InChI is InChI=1S/C24H20BrClN2O4/c1-15-7-9-19(11-16(15)2)31-14-23(29)28-27-13-17-12-18(25)8-10-22(17)32-24(30)20-5-3-4-6-21(20)26/h3-13H,14H2,1-2H3,(H,28,29). The number of hydrazone groups is 1. The molecule has 0 spiro atoms. The molecule has 1 N–H and O–H groups in total. The number of nitrogens with zero attached hydrogens (tertiary/aromatic N) is 1. The monoisotopic (exact) mass is 514 g/mol. The fraction of sp³-hybridized carbons (Fsp3) is 0.125. The van der Waals surface area contributed by atoms with Crippen molar-refractivity contribution in [1.82, 2.24) is 5.43 Å². The van der Waals surface area contributed by atoms with Gasteiger partial charge >= 0.3 is 5.97 Å². The number of hydrogen-bond donors (Lipinski definition) is 1. The molecule has 0 saturated carbocycles. The van der Waals surface area contributed by atoms with E-state index in [1.807, 2.05) is 26.0 Å². The normalized spacial score (nSPS) is 10.8. The van der Waals surface area contributed by atoms with Crippen LogP contribution >= 0.6 is 27.5 Å². The number of carbonyl (C=O) groups is 2. The second-order valence-electron chi connectivity index (χ2n) is 6.88. The number of hydrogen-bond acceptors (Lipinski definition) is 5. The number of ether oxygens (including phenoxy) is 2. The first-order chi connectivity index (χ1) is 15.3. The molecule has 0 heterocycles. The van der Waals surface area contributed by atoms with E-state index in [0.29, 0.717) is 16.3 Å². The van der Waals surface area contributed by atoms with Crippen molar-refractivity contribution in [3.8, 4) is 11.5 Å². The van der Waals surface area contributed by atoms with Crippen LogP contribution in [-0.4, -0.2) is 24.7 Å². The quantitative estimate of drug-likeness (QED) is 0.196. The predicted molar refractivity (Wildman–Crippen MR) is 128 cm³/mol. The number of carbonyl (C=O) groups excluding carboxylic acids is 2. The number of amides is 1. The Kier molecular flexibility index (Phi) is 8.03. The molecule has 0 aliphatic carbocycles. The minimum Gasteiger partial charge on any atom is -0.484 e. The number of benzene rings is 3. The van der Waals surface area contributed by atoms with Crippen LogP contribution in [0.2, 0.25) is 5.02 Å². The maximum Gasteiger partial charge on any atom is 0.345 e. The van der Waals surface area contributed by atoms with Crippen LogP contribution in [0.15, 0.2) is 70.2 Å². The van der Waals surface area contributed by atoms with E-state index in [4.69, 9.17) is 21.1 Å². The van der Waals surface area contributed by atoms with E-state index in [9.17, 15) is 9.59 Å². The molecule has 0 radical (unpaired) electrons. The Hall–Kier alpha value is -3.16. The van der Waals surface area contributed by atoms with Crippen LogP contribution in [-0.2, 0) is 4.79 Å². The lowest BCUT2D eigenvalue weighted by molar-refractivity contribution is -0.123. The highest BCUT2D eigenvalue weighted by Crippen LogP contribution is 2.24. The summed E-state index contributed by atoms with van der Waals surface area (Å²) in [6.45, 7) is 3.79. The molecular weight excluding hydrogens is 496 g/mol. The van der Waals surface area contributed by atoms with Gasteiger partial charge in [0, 0.05) is 10.0 Å². The van der Waals surface area contributed by atoms with Gasteiger partial charge in [-0.25, -0.2) is 10.2 Å². The molecule has 0 bridgehead atoms. The Morgan fingerprint density at radius 2 is 1.84 bits per heavy atom. The first kappa shape index (κ1) is 23.5. The predicted octanol–water partition coefficient (Wildman–Crippen LogP) is 5.47. The summed E-state index contributed by atoms with van der Waals surface area (Å²) in [5, 5.41) is 4.23. The van der Waals surface area contributed by atoms with Crippen molar-refractivity contribution >= 4 is 45.6 Å². The van der Waals surface area contributed by atoms with Gasteiger partial charge < -0.3 is 9.47 Å². The zero-order valence-corrected chi connectivity index (χ0v) is 19.7. The molecule has 3 aromatic carbocycles. The SMILES string of the molecule is Cc1ccc(OCC(=O)NN=Cc2cc(Br)ccc2OC(=O)c2ccccc2Cl)cc1C. The van der Waals surface area contributed by atoms with Gasteiger partial charge in [0.25, 0.3) is 5.91 Å². The molecule has 0 fully saturated rings. The topological polar surface area (TPSA) is 77.0 Å². The van der Waals surface area contributed by atoms with Gasteiger partial charge in [-0.05, 0) is 67.4 Å². The average Bonchev–Trinajstić information content (AvgIpc) is 2.76. The summed E-state index contributed by atoms with van der Waals surface area (Å²) >= 11 is 9.44.